The summed E-state index contributed by atoms with van der Waals surface area (Å²) in [5.41, 5.74) is -0.428. The maximum atomic E-state index is 11.8. The van der Waals surface area contributed by atoms with Crippen LogP contribution in [-0.4, -0.2) is 36.2 Å². The number of benzene rings is 4. The van der Waals surface area contributed by atoms with Gasteiger partial charge in [-0.05, 0) is 35.0 Å². The number of fused-ring (bicyclic) bond motifs is 2. The van der Waals surface area contributed by atoms with Crippen LogP contribution in [0.3, 0.4) is 0 Å². The largest absolute Gasteiger partial charge is 1.00 e. The van der Waals surface area contributed by atoms with Crippen LogP contribution in [0.1, 0.15) is 0 Å². The van der Waals surface area contributed by atoms with E-state index in [0.29, 0.717) is 23.2 Å². The fraction of sp³-hybridized carbons (Fsp3) is 0. The number of nitrogens with zero attached hydrogens (tertiary/aromatic N) is 2. The zero-order valence-corrected chi connectivity index (χ0v) is 23.5. The van der Waals surface area contributed by atoms with Gasteiger partial charge in [-0.25, -0.2) is 16.8 Å². The molecule has 34 heavy (non-hydrogen) atoms. The fourth-order valence-electron chi connectivity index (χ4n) is 3.27. The number of hydrogen-bond donors (Lipinski definition) is 2. The van der Waals surface area contributed by atoms with E-state index in [2.05, 4.69) is 10.2 Å². The summed E-state index contributed by atoms with van der Waals surface area (Å²) in [5, 5.41) is 29.2. The molecule has 0 heterocycles. The minimum absolute atomic E-state index is 0. The predicted molar refractivity (Wildman–Crippen MR) is 111 cm³/mol. The van der Waals surface area contributed by atoms with Crippen molar-refractivity contribution >= 4 is 53.2 Å². The van der Waals surface area contributed by atoms with Crippen LogP contribution in [0.5, 0.6) is 11.5 Å². The zero-order chi connectivity index (χ0) is 23.3. The van der Waals surface area contributed by atoms with Crippen LogP contribution in [-0.2, 0) is 20.2 Å². The van der Waals surface area contributed by atoms with Crippen molar-refractivity contribution in [2.24, 2.45) is 10.2 Å². The number of phenolic OH excluding ortho intramolecular Hbond substituents is 2. The van der Waals surface area contributed by atoms with Crippen LogP contribution in [0.25, 0.3) is 21.5 Å². The Hall–Kier alpha value is -1.58. The third-order valence-corrected chi connectivity index (χ3v) is 6.35. The third kappa shape index (κ3) is 5.62. The molecule has 0 radical (unpaired) electrons. The molecule has 14 heteroatoms. The molecule has 0 fully saturated rings. The number of hydrogen-bond acceptors (Lipinski definition) is 10. The van der Waals surface area contributed by atoms with Crippen molar-refractivity contribution in [3.05, 3.63) is 60.7 Å². The summed E-state index contributed by atoms with van der Waals surface area (Å²) in [6.45, 7) is 0. The summed E-state index contributed by atoms with van der Waals surface area (Å²) in [7, 11) is -10.2. The molecule has 164 valence electrons. The zero-order valence-electron chi connectivity index (χ0n) is 17.8. The molecule has 0 aromatic heterocycles. The Bertz CT molecular complexity index is 1650. The Morgan fingerprint density at radius 1 is 0.735 bits per heavy atom. The molecule has 0 aliphatic rings. The number of azo groups is 1. The Kier molecular flexibility index (Phi) is 8.92. The molecule has 4 aromatic rings. The molecule has 0 bridgehead atoms. The van der Waals surface area contributed by atoms with Crippen LogP contribution >= 0.6 is 0 Å². The minimum atomic E-state index is -5.23. The molecule has 0 spiro atoms. The molecule has 10 nitrogen and oxygen atoms in total. The van der Waals surface area contributed by atoms with Crippen LogP contribution in [0.15, 0.2) is 80.7 Å². The van der Waals surface area contributed by atoms with Crippen molar-refractivity contribution in [1.82, 2.24) is 0 Å². The van der Waals surface area contributed by atoms with E-state index in [1.54, 1.807) is 30.3 Å². The standard InChI is InChI=1S/C20H14N2O8S2.2Na/c23-16-10-13(31(25,26)27)8-12-9-17(32(28,29)30)19(20(24)18(12)16)22-21-15-7-3-5-11-4-1-2-6-14(11)15;;/h1-10,23-24H,(H,25,26,27)(H,28,29,30);;/q;2*+1/p-2. The molecule has 0 amide bonds. The summed E-state index contributed by atoms with van der Waals surface area (Å²) in [5.74, 6) is -1.75. The molecule has 4 aromatic carbocycles. The van der Waals surface area contributed by atoms with E-state index in [4.69, 9.17) is 0 Å². The van der Waals surface area contributed by atoms with E-state index in [0.717, 1.165) is 11.5 Å². The van der Waals surface area contributed by atoms with Crippen molar-refractivity contribution in [3.8, 4) is 11.5 Å². The van der Waals surface area contributed by atoms with Gasteiger partial charge in [0.15, 0.2) is 5.75 Å². The first kappa shape index (κ1) is 28.7. The Labute approximate surface area is 238 Å². The van der Waals surface area contributed by atoms with Gasteiger partial charge in [-0.1, -0.05) is 36.4 Å². The van der Waals surface area contributed by atoms with E-state index >= 15 is 0 Å². The summed E-state index contributed by atoms with van der Waals surface area (Å²) in [6, 6.07) is 14.2. The summed E-state index contributed by atoms with van der Waals surface area (Å²) < 4.78 is 69.3. The summed E-state index contributed by atoms with van der Waals surface area (Å²) >= 11 is 0. The van der Waals surface area contributed by atoms with Gasteiger partial charge in [-0.15, -0.1) is 10.2 Å². The normalized spacial score (nSPS) is 11.9. The van der Waals surface area contributed by atoms with Gasteiger partial charge in [-0.3, -0.25) is 0 Å². The van der Waals surface area contributed by atoms with Crippen molar-refractivity contribution in [2.75, 3.05) is 0 Å². The quantitative estimate of drug-likeness (QED) is 0.171. The second-order valence-electron chi connectivity index (χ2n) is 6.72. The molecular formula is C20H12N2Na2O8S2. The molecule has 2 N–H and O–H groups in total. The van der Waals surface area contributed by atoms with E-state index in [1.165, 1.54) is 0 Å². The molecule has 0 atom stereocenters. The number of phenols is 2. The van der Waals surface area contributed by atoms with Crippen molar-refractivity contribution < 1.29 is 95.3 Å². The fourth-order valence-corrected chi connectivity index (χ4v) is 4.44. The van der Waals surface area contributed by atoms with Crippen LogP contribution in [0.2, 0.25) is 0 Å². The second kappa shape index (κ2) is 10.6. The molecule has 0 unspecified atom stereocenters. The van der Waals surface area contributed by atoms with Gasteiger partial charge in [0, 0.05) is 5.39 Å². The smallest absolute Gasteiger partial charge is 0.744 e. The van der Waals surface area contributed by atoms with E-state index in [1.807, 2.05) is 12.1 Å². The molecule has 4 rings (SSSR count). The van der Waals surface area contributed by atoms with Crippen LogP contribution in [0, 0.1) is 0 Å². The molecule has 0 saturated carbocycles. The molecule has 0 saturated heterocycles. The Balaban J connectivity index is 0.00000204. The number of rotatable bonds is 4. The summed E-state index contributed by atoms with van der Waals surface area (Å²) in [6.07, 6.45) is 0. The summed E-state index contributed by atoms with van der Waals surface area (Å²) in [4.78, 5) is -1.88. The van der Waals surface area contributed by atoms with E-state index in [-0.39, 0.29) is 64.5 Å². The topological polar surface area (TPSA) is 180 Å². The van der Waals surface area contributed by atoms with Crippen LogP contribution in [0.4, 0.5) is 11.4 Å². The van der Waals surface area contributed by atoms with Gasteiger partial charge >= 0.3 is 59.1 Å². The van der Waals surface area contributed by atoms with Gasteiger partial charge in [0.25, 0.3) is 0 Å². The van der Waals surface area contributed by atoms with Crippen LogP contribution < -0.4 is 59.1 Å². The van der Waals surface area contributed by atoms with E-state index < -0.39 is 52.6 Å². The minimum Gasteiger partial charge on any atom is -0.744 e. The molecule has 0 aliphatic heterocycles. The first-order chi connectivity index (χ1) is 15.0. The van der Waals surface area contributed by atoms with Gasteiger partial charge in [0.2, 0.25) is 0 Å². The monoisotopic (exact) mass is 518 g/mol. The van der Waals surface area contributed by atoms with Crippen molar-refractivity contribution in [3.63, 3.8) is 0 Å². The van der Waals surface area contributed by atoms with Gasteiger partial charge in [0.1, 0.15) is 31.7 Å². The Morgan fingerprint density at radius 2 is 1.38 bits per heavy atom. The average Bonchev–Trinajstić information content (AvgIpc) is 2.71. The van der Waals surface area contributed by atoms with Gasteiger partial charge in [0.05, 0.1) is 20.9 Å². The second-order valence-corrected chi connectivity index (χ2v) is 9.45. The third-order valence-electron chi connectivity index (χ3n) is 4.69. The first-order valence-electron chi connectivity index (χ1n) is 8.81. The Morgan fingerprint density at radius 3 is 2.03 bits per heavy atom. The van der Waals surface area contributed by atoms with Gasteiger partial charge < -0.3 is 19.3 Å². The number of aromatic hydroxyl groups is 2. The van der Waals surface area contributed by atoms with Gasteiger partial charge in [-0.2, -0.15) is 0 Å². The van der Waals surface area contributed by atoms with E-state index in [9.17, 15) is 36.2 Å². The average molecular weight is 518 g/mol. The first-order valence-corrected chi connectivity index (χ1v) is 11.6. The van der Waals surface area contributed by atoms with Crippen molar-refractivity contribution in [1.29, 1.82) is 0 Å². The maximum Gasteiger partial charge on any atom is 1.00 e. The molecule has 0 aliphatic carbocycles. The SMILES string of the molecule is O=S(=O)([O-])c1cc(O)c2c(O)c(N=Nc3cccc4ccccc34)c(S(=O)(=O)[O-])cc2c1.[Na+].[Na+]. The maximum absolute atomic E-state index is 11.8. The predicted octanol–water partition coefficient (Wildman–Crippen LogP) is -2.36. The molecular weight excluding hydrogens is 506 g/mol. The van der Waals surface area contributed by atoms with Crippen molar-refractivity contribution in [2.45, 2.75) is 9.79 Å².